The van der Waals surface area contributed by atoms with Crippen molar-refractivity contribution in [1.29, 1.82) is 0 Å². The second-order valence-corrected chi connectivity index (χ2v) is 10.1. The fourth-order valence-electron chi connectivity index (χ4n) is 4.64. The molecule has 1 N–H and O–H groups in total. The molecule has 1 amide bonds. The molecule has 0 aliphatic heterocycles. The van der Waals surface area contributed by atoms with Crippen molar-refractivity contribution < 1.29 is 14.3 Å². The number of anilines is 1. The zero-order chi connectivity index (χ0) is 25.3. The van der Waals surface area contributed by atoms with Gasteiger partial charge in [0.25, 0.3) is 5.91 Å². The SMILES string of the molecule is COc1cnc(Cl)cc1-c1cc(C)ncc1C(=O)Nc1nc2c(s1)CC(OC)(c1ccccc1)CC2. The van der Waals surface area contributed by atoms with E-state index in [1.54, 1.807) is 32.7 Å². The highest BCUT2D eigenvalue weighted by Crippen LogP contribution is 2.42. The molecule has 0 saturated carbocycles. The molecule has 9 heteroatoms. The first kappa shape index (κ1) is 24.4. The van der Waals surface area contributed by atoms with Crippen LogP contribution in [0.1, 0.15) is 38.6 Å². The van der Waals surface area contributed by atoms with Crippen molar-refractivity contribution in [1.82, 2.24) is 15.0 Å². The van der Waals surface area contributed by atoms with Crippen LogP contribution in [-0.2, 0) is 23.2 Å². The second kappa shape index (κ2) is 9.97. The van der Waals surface area contributed by atoms with Gasteiger partial charge < -0.3 is 9.47 Å². The first-order valence-corrected chi connectivity index (χ1v) is 12.7. The van der Waals surface area contributed by atoms with Crippen LogP contribution in [-0.4, -0.2) is 35.1 Å². The van der Waals surface area contributed by atoms with Crippen LogP contribution in [0.2, 0.25) is 5.15 Å². The quantitative estimate of drug-likeness (QED) is 0.321. The highest BCUT2D eigenvalue weighted by atomic mass is 35.5. The number of thiazole rings is 1. The Balaban J connectivity index is 1.44. The van der Waals surface area contributed by atoms with Crippen molar-refractivity contribution in [3.8, 4) is 16.9 Å². The Morgan fingerprint density at radius 1 is 1.11 bits per heavy atom. The molecule has 0 saturated heterocycles. The highest BCUT2D eigenvalue weighted by molar-refractivity contribution is 7.15. The van der Waals surface area contributed by atoms with Crippen molar-refractivity contribution in [3.05, 3.63) is 87.4 Å². The molecule has 0 radical (unpaired) electrons. The number of pyridine rings is 2. The Bertz CT molecular complexity index is 1430. The van der Waals surface area contributed by atoms with Gasteiger partial charge in [-0.3, -0.25) is 15.1 Å². The van der Waals surface area contributed by atoms with Gasteiger partial charge in [-0.2, -0.15) is 0 Å². The number of nitrogens with one attached hydrogen (secondary N) is 1. The third-order valence-corrected chi connectivity index (χ3v) is 7.75. The van der Waals surface area contributed by atoms with E-state index in [-0.39, 0.29) is 5.91 Å². The zero-order valence-electron chi connectivity index (χ0n) is 20.2. The number of rotatable bonds is 6. The molecule has 1 atom stereocenters. The van der Waals surface area contributed by atoms with Crippen molar-refractivity contribution in [2.45, 2.75) is 31.8 Å². The molecule has 1 unspecified atom stereocenters. The third kappa shape index (κ3) is 4.59. The van der Waals surface area contributed by atoms with Crippen LogP contribution in [0.25, 0.3) is 11.1 Å². The largest absolute Gasteiger partial charge is 0.494 e. The number of hydrogen-bond acceptors (Lipinski definition) is 7. The number of halogens is 1. The Labute approximate surface area is 218 Å². The van der Waals surface area contributed by atoms with Crippen LogP contribution in [0.4, 0.5) is 5.13 Å². The number of ether oxygens (including phenoxy) is 2. The Morgan fingerprint density at radius 2 is 1.92 bits per heavy atom. The summed E-state index contributed by atoms with van der Waals surface area (Å²) in [6.45, 7) is 1.87. The molecule has 5 rings (SSSR count). The number of fused-ring (bicyclic) bond motifs is 1. The van der Waals surface area contributed by atoms with E-state index in [2.05, 4.69) is 27.4 Å². The summed E-state index contributed by atoms with van der Waals surface area (Å²) in [6.07, 6.45) is 5.41. The summed E-state index contributed by atoms with van der Waals surface area (Å²) < 4.78 is 11.5. The maximum atomic E-state index is 13.4. The standard InChI is InChI=1S/C27H25ClN4O3S/c1-16-11-18(19-12-24(28)30-15-22(19)34-2)20(14-29-16)25(33)32-26-31-21-9-10-27(35-3,13-23(21)36-26)17-7-5-4-6-8-17/h4-8,11-12,14-15H,9-10,13H2,1-3H3,(H,31,32,33). The molecule has 1 aliphatic carbocycles. The van der Waals surface area contributed by atoms with Gasteiger partial charge >= 0.3 is 0 Å². The van der Waals surface area contributed by atoms with Gasteiger partial charge in [-0.1, -0.05) is 41.9 Å². The van der Waals surface area contributed by atoms with Gasteiger partial charge in [-0.25, -0.2) is 9.97 Å². The lowest BCUT2D eigenvalue weighted by atomic mass is 9.81. The lowest BCUT2D eigenvalue weighted by Gasteiger charge is -2.35. The number of carbonyl (C=O) groups excluding carboxylic acids is 1. The lowest BCUT2D eigenvalue weighted by molar-refractivity contribution is -0.0259. The monoisotopic (exact) mass is 520 g/mol. The predicted octanol–water partition coefficient (Wildman–Crippen LogP) is 5.85. The van der Waals surface area contributed by atoms with Crippen LogP contribution in [0.3, 0.4) is 0 Å². The number of aryl methyl sites for hydroxylation is 2. The minimum Gasteiger partial charge on any atom is -0.494 e. The van der Waals surface area contributed by atoms with Crippen molar-refractivity contribution in [2.24, 2.45) is 0 Å². The van der Waals surface area contributed by atoms with Gasteiger partial charge in [0.15, 0.2) is 5.13 Å². The minimum absolute atomic E-state index is 0.305. The van der Waals surface area contributed by atoms with Crippen LogP contribution in [0, 0.1) is 6.92 Å². The number of amides is 1. The van der Waals surface area contributed by atoms with Crippen LogP contribution >= 0.6 is 22.9 Å². The molecule has 3 aromatic heterocycles. The van der Waals surface area contributed by atoms with E-state index in [9.17, 15) is 4.79 Å². The summed E-state index contributed by atoms with van der Waals surface area (Å²) in [7, 11) is 3.31. The summed E-state index contributed by atoms with van der Waals surface area (Å²) in [6, 6.07) is 13.8. The van der Waals surface area contributed by atoms with Gasteiger partial charge in [-0.05, 0) is 37.5 Å². The maximum absolute atomic E-state index is 13.4. The molecule has 7 nitrogen and oxygen atoms in total. The molecule has 3 heterocycles. The Hall–Kier alpha value is -3.33. The summed E-state index contributed by atoms with van der Waals surface area (Å²) in [5.74, 6) is 0.209. The molecular formula is C27H25ClN4O3S. The smallest absolute Gasteiger partial charge is 0.259 e. The fourth-order valence-corrected chi connectivity index (χ4v) is 5.90. The molecule has 4 aromatic rings. The van der Waals surface area contributed by atoms with E-state index in [1.807, 2.05) is 31.2 Å². The molecule has 1 aliphatic rings. The molecule has 184 valence electrons. The number of carbonyl (C=O) groups is 1. The van der Waals surface area contributed by atoms with Gasteiger partial charge in [0.2, 0.25) is 0 Å². The molecule has 0 fully saturated rings. The average molecular weight is 521 g/mol. The summed E-state index contributed by atoms with van der Waals surface area (Å²) in [5.41, 5.74) is 4.24. The zero-order valence-corrected chi connectivity index (χ0v) is 21.7. The molecule has 36 heavy (non-hydrogen) atoms. The van der Waals surface area contributed by atoms with Gasteiger partial charge in [0.05, 0.1) is 30.2 Å². The molecular weight excluding hydrogens is 496 g/mol. The summed E-state index contributed by atoms with van der Waals surface area (Å²) in [5, 5.41) is 3.84. The van der Waals surface area contributed by atoms with Crippen molar-refractivity contribution in [2.75, 3.05) is 19.5 Å². The van der Waals surface area contributed by atoms with Crippen LogP contribution in [0.15, 0.2) is 54.9 Å². The van der Waals surface area contributed by atoms with Gasteiger partial charge in [0.1, 0.15) is 10.9 Å². The number of methoxy groups -OCH3 is 2. The number of nitrogens with zero attached hydrogens (tertiary/aromatic N) is 3. The molecule has 0 bridgehead atoms. The molecule has 1 aromatic carbocycles. The average Bonchev–Trinajstić information content (AvgIpc) is 3.30. The predicted molar refractivity (Wildman–Crippen MR) is 141 cm³/mol. The van der Waals surface area contributed by atoms with E-state index in [1.165, 1.54) is 11.3 Å². The van der Waals surface area contributed by atoms with Crippen LogP contribution < -0.4 is 10.1 Å². The van der Waals surface area contributed by atoms with Gasteiger partial charge in [0, 0.05) is 41.4 Å². The maximum Gasteiger partial charge on any atom is 0.259 e. The van der Waals surface area contributed by atoms with E-state index in [4.69, 9.17) is 26.1 Å². The molecule has 0 spiro atoms. The third-order valence-electron chi connectivity index (χ3n) is 6.53. The Kier molecular flexibility index (Phi) is 6.75. The van der Waals surface area contributed by atoms with Crippen LogP contribution in [0.5, 0.6) is 5.75 Å². The lowest BCUT2D eigenvalue weighted by Crippen LogP contribution is -2.34. The second-order valence-electron chi connectivity index (χ2n) is 8.66. The van der Waals surface area contributed by atoms with Gasteiger partial charge in [-0.15, -0.1) is 11.3 Å². The number of hydrogen-bond donors (Lipinski definition) is 1. The first-order chi connectivity index (χ1) is 17.4. The first-order valence-electron chi connectivity index (χ1n) is 11.5. The number of benzene rings is 1. The van der Waals surface area contributed by atoms with E-state index in [0.29, 0.717) is 39.1 Å². The Morgan fingerprint density at radius 3 is 2.67 bits per heavy atom. The van der Waals surface area contributed by atoms with E-state index < -0.39 is 5.60 Å². The van der Waals surface area contributed by atoms with Crippen molar-refractivity contribution in [3.63, 3.8) is 0 Å². The van der Waals surface area contributed by atoms with E-state index >= 15 is 0 Å². The normalized spacial score (nSPS) is 16.9. The van der Waals surface area contributed by atoms with E-state index in [0.717, 1.165) is 34.7 Å². The summed E-state index contributed by atoms with van der Waals surface area (Å²) >= 11 is 7.65. The highest BCUT2D eigenvalue weighted by Gasteiger charge is 2.38. The summed E-state index contributed by atoms with van der Waals surface area (Å²) in [4.78, 5) is 27.7. The number of aromatic nitrogens is 3. The fraction of sp³-hybridized carbons (Fsp3) is 0.259. The topological polar surface area (TPSA) is 86.2 Å². The minimum atomic E-state index is -0.396. The van der Waals surface area contributed by atoms with Crippen molar-refractivity contribution >= 4 is 34.0 Å².